The van der Waals surface area contributed by atoms with Crippen molar-refractivity contribution in [3.05, 3.63) is 114 Å². The van der Waals surface area contributed by atoms with Gasteiger partial charge in [-0.1, -0.05) is 86.7 Å². The maximum atomic E-state index is 13.4. The molecule has 4 N–H and O–H groups in total. The summed E-state index contributed by atoms with van der Waals surface area (Å²) in [6.07, 6.45) is 9.76. The molecular formula is C43H52BrN4O5P. The van der Waals surface area contributed by atoms with E-state index in [1.54, 1.807) is 14.0 Å². The van der Waals surface area contributed by atoms with Gasteiger partial charge in [0.05, 0.1) is 29.5 Å². The number of nitrogens with zero attached hydrogens (tertiary/aromatic N) is 2. The van der Waals surface area contributed by atoms with E-state index in [1.165, 1.54) is 60.6 Å². The van der Waals surface area contributed by atoms with E-state index in [4.69, 9.17) is 20.9 Å². The second-order valence-electron chi connectivity index (χ2n) is 14.8. The van der Waals surface area contributed by atoms with Crippen molar-refractivity contribution in [3.63, 3.8) is 0 Å². The number of methoxy groups -OCH3 is 1. The summed E-state index contributed by atoms with van der Waals surface area (Å²) in [5.74, 6) is -1.33. The number of rotatable bonds is 17. The SMILES string of the molecule is CO[C@@]12[C@H](COC(N)=O)C3=C(C(=O)C(C)=C(N)C3=O)N1C[C@H]1[C@@H]2N1CCCCCCCCCC[P+](c1ccccc1)(c1ccccc1)c1ccccc1.[Br-]. The zero-order valence-corrected chi connectivity index (χ0v) is 33.8. The van der Waals surface area contributed by atoms with Crippen LogP contribution in [0.25, 0.3) is 0 Å². The Morgan fingerprint density at radius 3 is 1.80 bits per heavy atom. The number of amides is 1. The van der Waals surface area contributed by atoms with Gasteiger partial charge in [-0.05, 0) is 69.1 Å². The van der Waals surface area contributed by atoms with E-state index in [0.29, 0.717) is 12.2 Å². The van der Waals surface area contributed by atoms with E-state index >= 15 is 0 Å². The van der Waals surface area contributed by atoms with Gasteiger partial charge in [0, 0.05) is 30.8 Å². The lowest BCUT2D eigenvalue weighted by molar-refractivity contribution is -0.145. The third-order valence-electron chi connectivity index (χ3n) is 12.1. The van der Waals surface area contributed by atoms with Crippen molar-refractivity contribution in [3.8, 4) is 0 Å². The summed E-state index contributed by atoms with van der Waals surface area (Å²) in [7, 11) is -0.165. The van der Waals surface area contributed by atoms with Gasteiger partial charge in [0.15, 0.2) is 5.72 Å². The number of unbranched alkanes of at least 4 members (excludes halogenated alkanes) is 7. The molecule has 7 rings (SSSR count). The van der Waals surface area contributed by atoms with Crippen LogP contribution in [-0.4, -0.2) is 78.2 Å². The van der Waals surface area contributed by atoms with Gasteiger partial charge in [-0.2, -0.15) is 0 Å². The van der Waals surface area contributed by atoms with Crippen molar-refractivity contribution in [2.75, 3.05) is 33.0 Å². The van der Waals surface area contributed by atoms with E-state index in [-0.39, 0.29) is 58.3 Å². The maximum absolute atomic E-state index is 13.4. The average molecular weight is 816 g/mol. The molecule has 0 aromatic heterocycles. The number of piperazine rings is 1. The minimum Gasteiger partial charge on any atom is -1.00 e. The van der Waals surface area contributed by atoms with Crippen molar-refractivity contribution < 1.29 is 40.8 Å². The van der Waals surface area contributed by atoms with Gasteiger partial charge in [0.1, 0.15) is 29.8 Å². The predicted octanol–water partition coefficient (Wildman–Crippen LogP) is 2.18. The highest BCUT2D eigenvalue weighted by Gasteiger charge is 2.76. The molecule has 0 radical (unpaired) electrons. The molecule has 2 saturated heterocycles. The van der Waals surface area contributed by atoms with E-state index in [9.17, 15) is 14.4 Å². The topological polar surface area (TPSA) is 128 Å². The third kappa shape index (κ3) is 6.95. The second-order valence-corrected chi connectivity index (χ2v) is 18.4. The highest BCUT2D eigenvalue weighted by molar-refractivity contribution is 7.95. The van der Waals surface area contributed by atoms with E-state index in [2.05, 4.69) is 95.9 Å². The number of primary amides is 1. The van der Waals surface area contributed by atoms with Crippen LogP contribution in [0.1, 0.15) is 58.3 Å². The van der Waals surface area contributed by atoms with Gasteiger partial charge < -0.3 is 42.8 Å². The van der Waals surface area contributed by atoms with Gasteiger partial charge >= 0.3 is 6.09 Å². The lowest BCUT2D eigenvalue weighted by Gasteiger charge is -2.41. The number of benzene rings is 3. The van der Waals surface area contributed by atoms with E-state index in [0.717, 1.165) is 19.4 Å². The first-order chi connectivity index (χ1) is 25.8. The zero-order valence-electron chi connectivity index (χ0n) is 31.3. The summed E-state index contributed by atoms with van der Waals surface area (Å²) in [6, 6.07) is 33.6. The molecule has 11 heteroatoms. The normalized spacial score (nSPS) is 24.2. The molecule has 9 nitrogen and oxygen atoms in total. The summed E-state index contributed by atoms with van der Waals surface area (Å²) in [6.45, 7) is 2.90. The number of carbonyl (C=O) groups is 3. The number of carbonyl (C=O) groups excluding carboxylic acids is 3. The zero-order chi connectivity index (χ0) is 37.2. The molecule has 1 unspecified atom stereocenters. The first kappa shape index (κ1) is 39.9. The van der Waals surface area contributed by atoms with Crippen molar-refractivity contribution in [2.45, 2.75) is 76.1 Å². The number of ketones is 2. The lowest BCUT2D eigenvalue weighted by Crippen LogP contribution is -3.00. The highest BCUT2D eigenvalue weighted by atomic mass is 79.9. The molecule has 3 aromatic rings. The fourth-order valence-electron chi connectivity index (χ4n) is 9.47. The van der Waals surface area contributed by atoms with Gasteiger partial charge in [-0.3, -0.25) is 14.5 Å². The number of nitrogens with two attached hydrogens (primary N) is 2. The molecule has 2 fully saturated rings. The molecule has 1 aliphatic carbocycles. The van der Waals surface area contributed by atoms with Crippen molar-refractivity contribution in [1.29, 1.82) is 0 Å². The number of allylic oxidation sites excluding steroid dienone is 2. The maximum Gasteiger partial charge on any atom is 0.404 e. The van der Waals surface area contributed by atoms with Crippen LogP contribution < -0.4 is 44.4 Å². The molecular weight excluding hydrogens is 763 g/mol. The number of Topliss-reactive ketones (excluding diaryl/α,β-unsaturated/α-hetero) is 2. The highest BCUT2D eigenvalue weighted by Crippen LogP contribution is 2.60. The monoisotopic (exact) mass is 814 g/mol. The average Bonchev–Trinajstić information content (AvgIpc) is 3.64. The minimum absolute atomic E-state index is 0. The lowest BCUT2D eigenvalue weighted by atomic mass is 9.82. The van der Waals surface area contributed by atoms with E-state index in [1.807, 2.05) is 4.90 Å². The van der Waals surface area contributed by atoms with Gasteiger partial charge in [-0.15, -0.1) is 0 Å². The van der Waals surface area contributed by atoms with Gasteiger partial charge in [0.2, 0.25) is 11.6 Å². The first-order valence-electron chi connectivity index (χ1n) is 19.1. The molecule has 0 saturated carbocycles. The molecule has 4 aliphatic rings. The Bertz CT molecular complexity index is 1790. The van der Waals surface area contributed by atoms with Crippen LogP contribution in [0.15, 0.2) is 114 Å². The Balaban J connectivity index is 0.00000497. The van der Waals surface area contributed by atoms with Crippen LogP contribution in [0.5, 0.6) is 0 Å². The van der Waals surface area contributed by atoms with Gasteiger partial charge in [-0.25, -0.2) is 4.79 Å². The third-order valence-corrected chi connectivity index (χ3v) is 16.6. The smallest absolute Gasteiger partial charge is 0.404 e. The largest absolute Gasteiger partial charge is 1.00 e. The Labute approximate surface area is 330 Å². The van der Waals surface area contributed by atoms with Crippen molar-refractivity contribution >= 4 is 40.8 Å². The Kier molecular flexibility index (Phi) is 12.5. The van der Waals surface area contributed by atoms with Crippen LogP contribution in [-0.2, 0) is 19.1 Å². The molecule has 3 aliphatic heterocycles. The molecule has 5 atom stereocenters. The summed E-state index contributed by atoms with van der Waals surface area (Å²) in [5, 5.41) is 4.36. The van der Waals surface area contributed by atoms with Crippen LogP contribution in [0.2, 0.25) is 0 Å². The molecule has 54 heavy (non-hydrogen) atoms. The van der Waals surface area contributed by atoms with Crippen LogP contribution in [0.4, 0.5) is 4.79 Å². The number of fused-ring (bicyclic) bond motifs is 4. The van der Waals surface area contributed by atoms with Gasteiger partial charge in [0.25, 0.3) is 0 Å². The number of hydrogen-bond acceptors (Lipinski definition) is 8. The van der Waals surface area contributed by atoms with Crippen molar-refractivity contribution in [2.24, 2.45) is 17.4 Å². The quantitative estimate of drug-likeness (QED) is 0.0920. The van der Waals surface area contributed by atoms with Crippen LogP contribution >= 0.6 is 7.26 Å². The molecule has 3 aromatic carbocycles. The molecule has 1 amide bonds. The summed E-state index contributed by atoms with van der Waals surface area (Å²) in [4.78, 5) is 42.9. The van der Waals surface area contributed by atoms with Crippen molar-refractivity contribution in [1.82, 2.24) is 9.80 Å². The van der Waals surface area contributed by atoms with Crippen LogP contribution in [0.3, 0.4) is 0 Å². The summed E-state index contributed by atoms with van der Waals surface area (Å²) < 4.78 is 11.5. The Morgan fingerprint density at radius 1 is 0.796 bits per heavy atom. The first-order valence-corrected chi connectivity index (χ1v) is 21.1. The fraction of sp³-hybridized carbons (Fsp3) is 0.419. The Morgan fingerprint density at radius 2 is 1.30 bits per heavy atom. The molecule has 286 valence electrons. The standard InChI is InChI=1S/C43H51N4O5P.BrH/c1-30-37(44)40(49)36-34(29-52-42(45)50)43(51-2)41-35(28-47(43)38(36)39(30)48)46(41)26-18-7-5-3-4-6-8-19-27-53(31-20-12-9-13-21-31,32-22-14-10-15-23-32)33-24-16-11-17-25-33;/h9-17,20-25,34-35,41H,3-8,18-19,26-29H2,1-2H3,(H3-,44,45,48,50);1H/t34-,35+,41+,43-,46?;/m1./s1. The molecule has 0 spiro atoms. The Hall–Kier alpha value is -3.82. The minimum atomic E-state index is -1.77. The van der Waals surface area contributed by atoms with E-state index < -0.39 is 30.8 Å². The number of hydrogen-bond donors (Lipinski definition) is 2. The number of ether oxygens (including phenoxy) is 2. The predicted molar refractivity (Wildman–Crippen MR) is 211 cm³/mol. The summed E-state index contributed by atoms with van der Waals surface area (Å²) >= 11 is 0. The van der Waals surface area contributed by atoms with Crippen LogP contribution in [0, 0.1) is 5.92 Å². The molecule has 0 bridgehead atoms. The summed E-state index contributed by atoms with van der Waals surface area (Å²) in [5.41, 5.74) is 11.2. The number of halogens is 1. The molecule has 3 heterocycles. The second kappa shape index (κ2) is 16.9. The fourth-order valence-corrected chi connectivity index (χ4v) is 13.9.